The summed E-state index contributed by atoms with van der Waals surface area (Å²) in [4.78, 5) is 4.65. The molecule has 1 atom stereocenters. The van der Waals surface area contributed by atoms with E-state index in [9.17, 15) is 0 Å². The van der Waals surface area contributed by atoms with Crippen molar-refractivity contribution in [2.24, 2.45) is 5.73 Å². The molecule has 0 fully saturated rings. The van der Waals surface area contributed by atoms with E-state index in [1.165, 1.54) is 0 Å². The summed E-state index contributed by atoms with van der Waals surface area (Å²) in [5, 5.41) is 0. The van der Waals surface area contributed by atoms with E-state index in [4.69, 9.17) is 10.5 Å². The van der Waals surface area contributed by atoms with Gasteiger partial charge in [0.15, 0.2) is 0 Å². The fraction of sp³-hybridized carbons (Fsp3) is 0.500. The lowest BCUT2D eigenvalue weighted by Gasteiger charge is -2.17. The maximum Gasteiger partial charge on any atom is 0.109 e. The van der Waals surface area contributed by atoms with Crippen molar-refractivity contribution >= 4 is 11.0 Å². The summed E-state index contributed by atoms with van der Waals surface area (Å²) in [6.07, 6.45) is 0.968. The predicted molar refractivity (Wildman–Crippen MR) is 73.6 cm³/mol. The topological polar surface area (TPSA) is 53.1 Å². The number of aromatic nitrogens is 2. The van der Waals surface area contributed by atoms with Gasteiger partial charge in [0.05, 0.1) is 23.7 Å². The van der Waals surface area contributed by atoms with Gasteiger partial charge in [0, 0.05) is 19.6 Å². The van der Waals surface area contributed by atoms with E-state index in [0.717, 1.165) is 29.8 Å². The first-order chi connectivity index (χ1) is 8.80. The number of para-hydroxylation sites is 2. The smallest absolute Gasteiger partial charge is 0.109 e. The Hall–Kier alpha value is -1.39. The number of hydrogen-bond acceptors (Lipinski definition) is 3. The molecule has 2 N–H and O–H groups in total. The Bertz CT molecular complexity index is 507. The van der Waals surface area contributed by atoms with E-state index in [0.29, 0.717) is 13.2 Å². The Labute approximate surface area is 108 Å². The third-order valence-corrected chi connectivity index (χ3v) is 3.10. The van der Waals surface area contributed by atoms with Crippen LogP contribution < -0.4 is 5.73 Å². The highest BCUT2D eigenvalue weighted by atomic mass is 16.5. The number of nitrogens with zero attached hydrogens (tertiary/aromatic N) is 2. The minimum atomic E-state index is 0.0536. The van der Waals surface area contributed by atoms with E-state index in [1.54, 1.807) is 0 Å². The lowest BCUT2D eigenvalue weighted by molar-refractivity contribution is 0.0570. The lowest BCUT2D eigenvalue weighted by atomic mass is 10.3. The number of rotatable bonds is 6. The Morgan fingerprint density at radius 3 is 2.78 bits per heavy atom. The molecule has 18 heavy (non-hydrogen) atoms. The number of benzene rings is 1. The molecule has 0 spiro atoms. The minimum Gasteiger partial charge on any atom is -0.375 e. The Kier molecular flexibility index (Phi) is 4.33. The minimum absolute atomic E-state index is 0.0536. The molecule has 98 valence electrons. The fourth-order valence-electron chi connectivity index (χ4n) is 2.23. The number of nitrogens with two attached hydrogens (primary N) is 1. The van der Waals surface area contributed by atoms with Gasteiger partial charge in [-0.2, -0.15) is 0 Å². The Morgan fingerprint density at radius 1 is 1.33 bits per heavy atom. The SMILES string of the molecule is CCOC(CN)Cn1c(CC)nc2ccccc21. The Morgan fingerprint density at radius 2 is 2.11 bits per heavy atom. The molecule has 0 aliphatic carbocycles. The molecule has 0 saturated carbocycles. The molecule has 0 aliphatic heterocycles. The number of ether oxygens (including phenoxy) is 1. The molecule has 4 heteroatoms. The van der Waals surface area contributed by atoms with Gasteiger partial charge in [-0.15, -0.1) is 0 Å². The van der Waals surface area contributed by atoms with Gasteiger partial charge < -0.3 is 15.0 Å². The lowest BCUT2D eigenvalue weighted by Crippen LogP contribution is -2.29. The number of aryl methyl sites for hydroxylation is 1. The molecule has 4 nitrogen and oxygen atoms in total. The van der Waals surface area contributed by atoms with E-state index >= 15 is 0 Å². The second-order valence-corrected chi connectivity index (χ2v) is 4.29. The summed E-state index contributed by atoms with van der Waals surface area (Å²) in [6.45, 7) is 6.11. The van der Waals surface area contributed by atoms with E-state index in [1.807, 2.05) is 25.1 Å². The van der Waals surface area contributed by atoms with Gasteiger partial charge in [0.1, 0.15) is 5.82 Å². The zero-order chi connectivity index (χ0) is 13.0. The molecule has 1 aromatic heterocycles. The first-order valence-electron chi connectivity index (χ1n) is 6.55. The molecule has 1 heterocycles. The van der Waals surface area contributed by atoms with Crippen molar-refractivity contribution < 1.29 is 4.74 Å². The Balaban J connectivity index is 2.35. The molecule has 0 bridgehead atoms. The maximum absolute atomic E-state index is 5.75. The standard InChI is InChI=1S/C14H21N3O/c1-3-14-16-12-7-5-6-8-13(12)17(14)10-11(9-15)18-4-2/h5-8,11H,3-4,9-10,15H2,1-2H3. The van der Waals surface area contributed by atoms with Crippen molar-refractivity contribution in [2.75, 3.05) is 13.2 Å². The van der Waals surface area contributed by atoms with Gasteiger partial charge in [0.25, 0.3) is 0 Å². The van der Waals surface area contributed by atoms with Crippen LogP contribution in [0, 0.1) is 0 Å². The molecule has 2 aromatic rings. The summed E-state index contributed by atoms with van der Waals surface area (Å²) < 4.78 is 7.86. The third kappa shape index (κ3) is 2.54. The summed E-state index contributed by atoms with van der Waals surface area (Å²) in [5.74, 6) is 1.09. The molecule has 0 radical (unpaired) electrons. The zero-order valence-electron chi connectivity index (χ0n) is 11.1. The van der Waals surface area contributed by atoms with Gasteiger partial charge in [-0.05, 0) is 19.1 Å². The first kappa shape index (κ1) is 13.1. The van der Waals surface area contributed by atoms with Crippen molar-refractivity contribution in [2.45, 2.75) is 32.9 Å². The molecule has 0 aliphatic rings. The van der Waals surface area contributed by atoms with Crippen LogP contribution >= 0.6 is 0 Å². The number of hydrogen-bond donors (Lipinski definition) is 1. The summed E-state index contributed by atoms with van der Waals surface area (Å²) in [6, 6.07) is 8.20. The molecule has 0 saturated heterocycles. The second-order valence-electron chi connectivity index (χ2n) is 4.29. The van der Waals surface area contributed by atoms with Crippen LogP contribution in [0.4, 0.5) is 0 Å². The summed E-state index contributed by atoms with van der Waals surface area (Å²) >= 11 is 0. The van der Waals surface area contributed by atoms with Gasteiger partial charge in [-0.1, -0.05) is 19.1 Å². The molecule has 1 unspecified atom stereocenters. The molecule has 1 aromatic carbocycles. The highest BCUT2D eigenvalue weighted by Gasteiger charge is 2.13. The fourth-order valence-corrected chi connectivity index (χ4v) is 2.23. The molecular formula is C14H21N3O. The van der Waals surface area contributed by atoms with Crippen LogP contribution in [-0.4, -0.2) is 28.8 Å². The average Bonchev–Trinajstić information content (AvgIpc) is 2.76. The average molecular weight is 247 g/mol. The quantitative estimate of drug-likeness (QED) is 0.849. The summed E-state index contributed by atoms with van der Waals surface area (Å²) in [5.41, 5.74) is 7.96. The third-order valence-electron chi connectivity index (χ3n) is 3.10. The van der Waals surface area contributed by atoms with E-state index in [-0.39, 0.29) is 6.10 Å². The van der Waals surface area contributed by atoms with Crippen LogP contribution in [0.3, 0.4) is 0 Å². The van der Waals surface area contributed by atoms with E-state index < -0.39 is 0 Å². The normalized spacial score (nSPS) is 13.1. The number of fused-ring (bicyclic) bond motifs is 1. The van der Waals surface area contributed by atoms with Gasteiger partial charge in [0.2, 0.25) is 0 Å². The van der Waals surface area contributed by atoms with Gasteiger partial charge in [-0.25, -0.2) is 4.98 Å². The van der Waals surface area contributed by atoms with Gasteiger partial charge in [-0.3, -0.25) is 0 Å². The molecular weight excluding hydrogens is 226 g/mol. The van der Waals surface area contributed by atoms with Crippen LogP contribution in [0.5, 0.6) is 0 Å². The van der Waals surface area contributed by atoms with Crippen molar-refractivity contribution in [1.82, 2.24) is 9.55 Å². The van der Waals surface area contributed by atoms with Crippen molar-refractivity contribution in [3.05, 3.63) is 30.1 Å². The van der Waals surface area contributed by atoms with Crippen LogP contribution in [-0.2, 0) is 17.7 Å². The number of imidazole rings is 1. The predicted octanol–water partition coefficient (Wildman–Crippen LogP) is 1.96. The molecule has 0 amide bonds. The van der Waals surface area contributed by atoms with Crippen LogP contribution in [0.15, 0.2) is 24.3 Å². The van der Waals surface area contributed by atoms with Gasteiger partial charge >= 0.3 is 0 Å². The highest BCUT2D eigenvalue weighted by Crippen LogP contribution is 2.17. The largest absolute Gasteiger partial charge is 0.375 e. The van der Waals surface area contributed by atoms with Crippen LogP contribution in [0.25, 0.3) is 11.0 Å². The maximum atomic E-state index is 5.75. The first-order valence-corrected chi connectivity index (χ1v) is 6.55. The van der Waals surface area contributed by atoms with Crippen molar-refractivity contribution in [3.8, 4) is 0 Å². The second kappa shape index (κ2) is 5.98. The molecule has 2 rings (SSSR count). The van der Waals surface area contributed by atoms with Crippen molar-refractivity contribution in [3.63, 3.8) is 0 Å². The van der Waals surface area contributed by atoms with Crippen LogP contribution in [0.2, 0.25) is 0 Å². The van der Waals surface area contributed by atoms with Crippen molar-refractivity contribution in [1.29, 1.82) is 0 Å². The highest BCUT2D eigenvalue weighted by molar-refractivity contribution is 5.75. The monoisotopic (exact) mass is 247 g/mol. The zero-order valence-corrected chi connectivity index (χ0v) is 11.1. The summed E-state index contributed by atoms with van der Waals surface area (Å²) in [7, 11) is 0. The van der Waals surface area contributed by atoms with E-state index in [2.05, 4.69) is 22.5 Å². The van der Waals surface area contributed by atoms with Crippen LogP contribution in [0.1, 0.15) is 19.7 Å².